The average Bonchev–Trinajstić information content (AvgIpc) is 2.40. The topological polar surface area (TPSA) is 70.0 Å². The zero-order chi connectivity index (χ0) is 14.0. The van der Waals surface area contributed by atoms with Crippen LogP contribution in [0, 0.1) is 0 Å². The first kappa shape index (κ1) is 14.3. The van der Waals surface area contributed by atoms with Crippen molar-refractivity contribution in [3.63, 3.8) is 0 Å². The van der Waals surface area contributed by atoms with Gasteiger partial charge in [-0.1, -0.05) is 15.9 Å². The molecule has 1 aromatic carbocycles. The van der Waals surface area contributed by atoms with Crippen molar-refractivity contribution in [2.75, 3.05) is 19.7 Å². The smallest absolute Gasteiger partial charge is 0.257 e. The summed E-state index contributed by atoms with van der Waals surface area (Å²) in [6.07, 6.45) is -0.508. The van der Waals surface area contributed by atoms with E-state index in [0.717, 1.165) is 4.47 Å². The summed E-state index contributed by atoms with van der Waals surface area (Å²) >= 11 is 3.28. The minimum absolute atomic E-state index is 0.0482. The summed E-state index contributed by atoms with van der Waals surface area (Å²) < 4.78 is 6.22. The molecule has 0 saturated carbocycles. The number of morpholine rings is 1. The fourth-order valence-electron chi connectivity index (χ4n) is 2.16. The number of carbonyl (C=O) groups excluding carboxylic acids is 1. The molecule has 0 aliphatic carbocycles. The molecule has 5 nitrogen and oxygen atoms in total. The van der Waals surface area contributed by atoms with E-state index < -0.39 is 0 Å². The van der Waals surface area contributed by atoms with E-state index in [2.05, 4.69) is 15.9 Å². The van der Waals surface area contributed by atoms with Crippen LogP contribution >= 0.6 is 15.9 Å². The second-order valence-corrected chi connectivity index (χ2v) is 5.54. The number of aliphatic hydroxyl groups excluding tert-OH is 1. The van der Waals surface area contributed by atoms with Gasteiger partial charge in [0.25, 0.3) is 5.91 Å². The molecule has 2 unspecified atom stereocenters. The highest BCUT2D eigenvalue weighted by Gasteiger charge is 2.29. The molecule has 0 bridgehead atoms. The highest BCUT2D eigenvalue weighted by molar-refractivity contribution is 9.10. The molecular formula is C13H16BrNO4. The number of hydrogen-bond acceptors (Lipinski definition) is 4. The van der Waals surface area contributed by atoms with Gasteiger partial charge in [0.05, 0.1) is 24.4 Å². The van der Waals surface area contributed by atoms with Crippen molar-refractivity contribution >= 4 is 21.8 Å². The van der Waals surface area contributed by atoms with Gasteiger partial charge in [-0.3, -0.25) is 4.79 Å². The third kappa shape index (κ3) is 3.26. The van der Waals surface area contributed by atoms with Gasteiger partial charge in [0.1, 0.15) is 5.75 Å². The molecular weight excluding hydrogens is 314 g/mol. The number of aliphatic hydroxyl groups is 1. The van der Waals surface area contributed by atoms with Gasteiger partial charge in [0.2, 0.25) is 0 Å². The minimum Gasteiger partial charge on any atom is -0.507 e. The molecule has 6 heteroatoms. The maximum Gasteiger partial charge on any atom is 0.257 e. The summed E-state index contributed by atoms with van der Waals surface area (Å²) in [5.41, 5.74) is 0.250. The van der Waals surface area contributed by atoms with Crippen molar-refractivity contribution in [2.24, 2.45) is 0 Å². The van der Waals surface area contributed by atoms with Crippen LogP contribution in [0.15, 0.2) is 22.7 Å². The molecule has 1 aromatic rings. The van der Waals surface area contributed by atoms with Gasteiger partial charge >= 0.3 is 0 Å². The van der Waals surface area contributed by atoms with Gasteiger partial charge in [-0.2, -0.15) is 0 Å². The molecule has 2 N–H and O–H groups in total. The molecule has 2 atom stereocenters. The number of ether oxygens (including phenoxy) is 1. The molecule has 1 aliphatic rings. The number of nitrogens with zero attached hydrogens (tertiary/aromatic N) is 1. The normalized spacial score (nSPS) is 23.4. The summed E-state index contributed by atoms with van der Waals surface area (Å²) in [5.74, 6) is -0.305. The Morgan fingerprint density at radius 1 is 1.53 bits per heavy atom. The number of phenolic OH excluding ortho intramolecular Hbond substituents is 1. The third-order valence-electron chi connectivity index (χ3n) is 3.01. The zero-order valence-corrected chi connectivity index (χ0v) is 12.1. The summed E-state index contributed by atoms with van der Waals surface area (Å²) in [5, 5.41) is 18.9. The maximum atomic E-state index is 12.4. The Hall–Kier alpha value is -1.11. The molecule has 2 rings (SSSR count). The molecule has 104 valence electrons. The predicted molar refractivity (Wildman–Crippen MR) is 73.1 cm³/mol. The largest absolute Gasteiger partial charge is 0.507 e. The molecule has 0 aromatic heterocycles. The van der Waals surface area contributed by atoms with E-state index in [4.69, 9.17) is 9.84 Å². The molecule has 19 heavy (non-hydrogen) atoms. The van der Waals surface area contributed by atoms with Crippen LogP contribution < -0.4 is 0 Å². The van der Waals surface area contributed by atoms with Crippen molar-refractivity contribution in [3.05, 3.63) is 28.2 Å². The fourth-order valence-corrected chi connectivity index (χ4v) is 2.52. The lowest BCUT2D eigenvalue weighted by Crippen LogP contribution is -2.50. The van der Waals surface area contributed by atoms with Gasteiger partial charge in [0, 0.05) is 17.6 Å². The second kappa shape index (κ2) is 5.90. The number of hydrogen-bond donors (Lipinski definition) is 2. The van der Waals surface area contributed by atoms with Crippen molar-refractivity contribution in [1.82, 2.24) is 4.90 Å². The first-order chi connectivity index (χ1) is 9.01. The molecule has 0 spiro atoms. The van der Waals surface area contributed by atoms with Gasteiger partial charge in [-0.15, -0.1) is 0 Å². The van der Waals surface area contributed by atoms with Crippen molar-refractivity contribution < 1.29 is 19.7 Å². The van der Waals surface area contributed by atoms with E-state index in [1.807, 2.05) is 6.92 Å². The Morgan fingerprint density at radius 3 is 2.95 bits per heavy atom. The summed E-state index contributed by atoms with van der Waals surface area (Å²) in [4.78, 5) is 14.0. The standard InChI is InChI=1S/C13H16BrNO4/c1-8-5-15(6-10(7-16)19-8)13(18)11-4-9(14)2-3-12(11)17/h2-4,8,10,16-17H,5-7H2,1H3. The van der Waals surface area contributed by atoms with Crippen molar-refractivity contribution in [3.8, 4) is 5.75 Å². The second-order valence-electron chi connectivity index (χ2n) is 4.62. The van der Waals surface area contributed by atoms with Crippen LogP contribution in [0.4, 0.5) is 0 Å². The van der Waals surface area contributed by atoms with E-state index in [9.17, 15) is 9.90 Å². The highest BCUT2D eigenvalue weighted by atomic mass is 79.9. The SMILES string of the molecule is CC1CN(C(=O)c2cc(Br)ccc2O)CC(CO)O1. The van der Waals surface area contributed by atoms with E-state index in [1.165, 1.54) is 6.07 Å². The molecule has 0 radical (unpaired) electrons. The van der Waals surface area contributed by atoms with E-state index in [0.29, 0.717) is 13.1 Å². The van der Waals surface area contributed by atoms with E-state index >= 15 is 0 Å². The number of carbonyl (C=O) groups is 1. The number of aromatic hydroxyl groups is 1. The van der Waals surface area contributed by atoms with E-state index in [-0.39, 0.29) is 36.0 Å². The first-order valence-electron chi connectivity index (χ1n) is 6.05. The molecule has 1 amide bonds. The molecule has 1 aliphatic heterocycles. The number of benzene rings is 1. The maximum absolute atomic E-state index is 12.4. The van der Waals surface area contributed by atoms with Crippen LogP contribution in [0.25, 0.3) is 0 Å². The van der Waals surface area contributed by atoms with Crippen LogP contribution in [0.5, 0.6) is 5.75 Å². The monoisotopic (exact) mass is 329 g/mol. The van der Waals surface area contributed by atoms with Crippen LogP contribution in [-0.4, -0.2) is 52.9 Å². The number of halogens is 1. The zero-order valence-electron chi connectivity index (χ0n) is 10.5. The van der Waals surface area contributed by atoms with Crippen molar-refractivity contribution in [1.29, 1.82) is 0 Å². The Balaban J connectivity index is 2.21. The van der Waals surface area contributed by atoms with Crippen LogP contribution in [0.3, 0.4) is 0 Å². The predicted octanol–water partition coefficient (Wildman–Crippen LogP) is 1.38. The Morgan fingerprint density at radius 2 is 2.26 bits per heavy atom. The van der Waals surface area contributed by atoms with Gasteiger partial charge < -0.3 is 19.8 Å². The minimum atomic E-state index is -0.373. The lowest BCUT2D eigenvalue weighted by molar-refractivity contribution is -0.0859. The Bertz CT molecular complexity index is 480. The van der Waals surface area contributed by atoms with Gasteiger partial charge in [-0.25, -0.2) is 0 Å². The molecule has 1 saturated heterocycles. The Kier molecular flexibility index (Phi) is 4.44. The summed E-state index contributed by atoms with van der Waals surface area (Å²) in [7, 11) is 0. The third-order valence-corrected chi connectivity index (χ3v) is 3.50. The quantitative estimate of drug-likeness (QED) is 0.859. The van der Waals surface area contributed by atoms with Crippen LogP contribution in [-0.2, 0) is 4.74 Å². The summed E-state index contributed by atoms with van der Waals surface area (Å²) in [6.45, 7) is 2.49. The van der Waals surface area contributed by atoms with Gasteiger partial charge in [-0.05, 0) is 25.1 Å². The average molecular weight is 330 g/mol. The lowest BCUT2D eigenvalue weighted by atomic mass is 10.1. The lowest BCUT2D eigenvalue weighted by Gasteiger charge is -2.36. The first-order valence-corrected chi connectivity index (χ1v) is 6.84. The number of amides is 1. The van der Waals surface area contributed by atoms with Crippen LogP contribution in [0.1, 0.15) is 17.3 Å². The highest BCUT2D eigenvalue weighted by Crippen LogP contribution is 2.24. The molecule has 1 fully saturated rings. The fraction of sp³-hybridized carbons (Fsp3) is 0.462. The number of phenols is 1. The van der Waals surface area contributed by atoms with E-state index in [1.54, 1.807) is 17.0 Å². The van der Waals surface area contributed by atoms with Crippen molar-refractivity contribution in [2.45, 2.75) is 19.1 Å². The Labute approximate surface area is 119 Å². The van der Waals surface area contributed by atoms with Crippen LogP contribution in [0.2, 0.25) is 0 Å². The molecule has 1 heterocycles. The van der Waals surface area contributed by atoms with Gasteiger partial charge in [0.15, 0.2) is 0 Å². The number of rotatable bonds is 2. The summed E-state index contributed by atoms with van der Waals surface area (Å²) in [6, 6.07) is 4.74.